The lowest BCUT2D eigenvalue weighted by Gasteiger charge is -2.19. The number of anilines is 1. The molecule has 1 fully saturated rings. The van der Waals surface area contributed by atoms with Crippen LogP contribution in [0.25, 0.3) is 0 Å². The van der Waals surface area contributed by atoms with E-state index in [2.05, 4.69) is 27.9 Å². The molecule has 0 unspecified atom stereocenters. The number of rotatable bonds is 6. The number of carboxylic acids is 1. The summed E-state index contributed by atoms with van der Waals surface area (Å²) in [5.41, 5.74) is 0.763. The van der Waals surface area contributed by atoms with E-state index in [0.29, 0.717) is 0 Å². The molecule has 0 radical (unpaired) electrons. The van der Waals surface area contributed by atoms with Crippen molar-refractivity contribution in [2.45, 2.75) is 18.9 Å². The smallest absolute Gasteiger partial charge is 0.317 e. The Labute approximate surface area is 125 Å². The molecule has 1 aliphatic rings. The Kier molecular flexibility index (Phi) is 4.76. The Balaban J connectivity index is 1.92. The first-order valence-corrected chi connectivity index (χ1v) is 7.14. The molecule has 0 bridgehead atoms. The second-order valence-corrected chi connectivity index (χ2v) is 5.72. The van der Waals surface area contributed by atoms with Crippen LogP contribution in [-0.2, 0) is 9.59 Å². The van der Waals surface area contributed by atoms with Gasteiger partial charge >= 0.3 is 5.97 Å². The molecule has 5 nitrogen and oxygen atoms in total. The van der Waals surface area contributed by atoms with Gasteiger partial charge in [0.05, 0.1) is 18.8 Å². The number of carbonyl (C=O) groups is 2. The van der Waals surface area contributed by atoms with Crippen molar-refractivity contribution < 1.29 is 14.7 Å². The number of aliphatic carboxylic acids is 1. The maximum absolute atomic E-state index is 11.9. The van der Waals surface area contributed by atoms with Gasteiger partial charge in [-0.2, -0.15) is 0 Å². The summed E-state index contributed by atoms with van der Waals surface area (Å²) < 4.78 is 0.963. The minimum Gasteiger partial charge on any atom is -0.480 e. The molecule has 0 heterocycles. The molecule has 0 saturated heterocycles. The molecule has 1 amide bonds. The van der Waals surface area contributed by atoms with E-state index in [1.54, 1.807) is 4.90 Å². The molecule has 1 saturated carbocycles. The molecular weight excluding hydrogens is 359 g/mol. The molecule has 6 heteroatoms. The lowest BCUT2D eigenvalue weighted by molar-refractivity contribution is -0.138. The van der Waals surface area contributed by atoms with Gasteiger partial charge in [-0.25, -0.2) is 0 Å². The van der Waals surface area contributed by atoms with Crippen molar-refractivity contribution in [3.05, 3.63) is 27.8 Å². The fraction of sp³-hybridized carbons (Fsp3) is 0.385. The Morgan fingerprint density at radius 3 is 2.58 bits per heavy atom. The van der Waals surface area contributed by atoms with Gasteiger partial charge in [0.15, 0.2) is 0 Å². The molecule has 2 N–H and O–H groups in total. The molecule has 0 spiro atoms. The third kappa shape index (κ3) is 4.46. The Morgan fingerprint density at radius 1 is 1.32 bits per heavy atom. The van der Waals surface area contributed by atoms with Gasteiger partial charge in [-0.05, 0) is 47.6 Å². The number of benzene rings is 1. The van der Waals surface area contributed by atoms with E-state index in [-0.39, 0.29) is 25.0 Å². The zero-order valence-electron chi connectivity index (χ0n) is 10.3. The van der Waals surface area contributed by atoms with E-state index in [1.165, 1.54) is 0 Å². The highest BCUT2D eigenvalue weighted by Gasteiger charge is 2.31. The van der Waals surface area contributed by atoms with E-state index in [1.807, 2.05) is 24.3 Å². The first kappa shape index (κ1) is 14.3. The van der Waals surface area contributed by atoms with Gasteiger partial charge in [-0.3, -0.25) is 14.5 Å². The molecule has 102 valence electrons. The number of carboxylic acid groups (broad SMARTS) is 1. The average molecular weight is 374 g/mol. The van der Waals surface area contributed by atoms with E-state index in [0.717, 1.165) is 22.1 Å². The fourth-order valence-corrected chi connectivity index (χ4v) is 2.39. The van der Waals surface area contributed by atoms with Crippen molar-refractivity contribution in [3.63, 3.8) is 0 Å². The van der Waals surface area contributed by atoms with Gasteiger partial charge < -0.3 is 10.4 Å². The van der Waals surface area contributed by atoms with Crippen LogP contribution in [0.1, 0.15) is 12.8 Å². The number of halogens is 1. The van der Waals surface area contributed by atoms with Crippen LogP contribution in [0.4, 0.5) is 5.69 Å². The molecule has 2 rings (SSSR count). The summed E-state index contributed by atoms with van der Waals surface area (Å²) in [6, 6.07) is 7.74. The molecule has 19 heavy (non-hydrogen) atoms. The summed E-state index contributed by atoms with van der Waals surface area (Å²) in [7, 11) is 0. The van der Waals surface area contributed by atoms with Crippen molar-refractivity contribution >= 4 is 40.2 Å². The number of para-hydroxylation sites is 1. The monoisotopic (exact) mass is 374 g/mol. The SMILES string of the molecule is O=C(O)CN(CC(=O)Nc1ccccc1I)C1CC1. The topological polar surface area (TPSA) is 69.6 Å². The molecular formula is C13H15IN2O3. The largest absolute Gasteiger partial charge is 0.480 e. The van der Waals surface area contributed by atoms with Crippen LogP contribution in [0.5, 0.6) is 0 Å². The normalized spacial score (nSPS) is 14.4. The zero-order chi connectivity index (χ0) is 13.8. The average Bonchev–Trinajstić information content (AvgIpc) is 3.14. The Hall–Kier alpha value is -1.15. The summed E-state index contributed by atoms with van der Waals surface area (Å²) in [4.78, 5) is 24.4. The number of nitrogens with one attached hydrogen (secondary N) is 1. The predicted octanol–water partition coefficient (Wildman–Crippen LogP) is 1.78. The number of amides is 1. The third-order valence-electron chi connectivity index (χ3n) is 2.90. The lowest BCUT2D eigenvalue weighted by atomic mass is 10.3. The van der Waals surface area contributed by atoms with Gasteiger partial charge in [-0.1, -0.05) is 12.1 Å². The van der Waals surface area contributed by atoms with Crippen LogP contribution in [0.2, 0.25) is 0 Å². The van der Waals surface area contributed by atoms with Crippen molar-refractivity contribution in [2.24, 2.45) is 0 Å². The summed E-state index contributed by atoms with van der Waals surface area (Å²) in [5.74, 6) is -1.06. The minimum absolute atomic E-state index is 0.0794. The summed E-state index contributed by atoms with van der Waals surface area (Å²) >= 11 is 2.15. The van der Waals surface area contributed by atoms with Crippen LogP contribution >= 0.6 is 22.6 Å². The molecule has 1 aliphatic carbocycles. The highest BCUT2D eigenvalue weighted by molar-refractivity contribution is 14.1. The van der Waals surface area contributed by atoms with Crippen molar-refractivity contribution in [2.75, 3.05) is 18.4 Å². The third-order valence-corrected chi connectivity index (χ3v) is 3.84. The van der Waals surface area contributed by atoms with Gasteiger partial charge in [0, 0.05) is 9.61 Å². The van der Waals surface area contributed by atoms with E-state index >= 15 is 0 Å². The van der Waals surface area contributed by atoms with Crippen LogP contribution in [0, 0.1) is 3.57 Å². The van der Waals surface area contributed by atoms with Crippen LogP contribution in [0.15, 0.2) is 24.3 Å². The number of hydrogen-bond donors (Lipinski definition) is 2. The zero-order valence-corrected chi connectivity index (χ0v) is 12.5. The van der Waals surface area contributed by atoms with E-state index in [4.69, 9.17) is 5.11 Å². The van der Waals surface area contributed by atoms with Gasteiger partial charge in [0.2, 0.25) is 5.91 Å². The number of carbonyl (C=O) groups excluding carboxylic acids is 1. The summed E-state index contributed by atoms with van der Waals surface area (Å²) in [6.07, 6.45) is 1.95. The Bertz CT molecular complexity index is 489. The summed E-state index contributed by atoms with van der Waals surface area (Å²) in [5, 5.41) is 11.6. The van der Waals surface area contributed by atoms with Gasteiger partial charge in [-0.15, -0.1) is 0 Å². The first-order valence-electron chi connectivity index (χ1n) is 6.06. The molecule has 1 aromatic rings. The lowest BCUT2D eigenvalue weighted by Crippen LogP contribution is -2.38. The van der Waals surface area contributed by atoms with Gasteiger partial charge in [0.1, 0.15) is 0 Å². The van der Waals surface area contributed by atoms with Crippen molar-refractivity contribution in [3.8, 4) is 0 Å². The van der Waals surface area contributed by atoms with E-state index in [9.17, 15) is 9.59 Å². The molecule has 1 aromatic carbocycles. The standard InChI is InChI=1S/C13H15IN2O3/c14-10-3-1-2-4-11(10)15-12(17)7-16(8-13(18)19)9-5-6-9/h1-4,9H,5-8H2,(H,15,17)(H,18,19). The number of nitrogens with zero attached hydrogens (tertiary/aromatic N) is 1. The second kappa shape index (κ2) is 6.33. The molecule has 0 aromatic heterocycles. The first-order chi connectivity index (χ1) is 9.06. The quantitative estimate of drug-likeness (QED) is 0.745. The molecule has 0 aliphatic heterocycles. The summed E-state index contributed by atoms with van der Waals surface area (Å²) in [6.45, 7) is 0.0475. The second-order valence-electron chi connectivity index (χ2n) is 4.56. The fourth-order valence-electron chi connectivity index (χ4n) is 1.86. The van der Waals surface area contributed by atoms with Gasteiger partial charge in [0.25, 0.3) is 0 Å². The Morgan fingerprint density at radius 2 is 2.00 bits per heavy atom. The molecule has 0 atom stereocenters. The maximum atomic E-state index is 11.9. The highest BCUT2D eigenvalue weighted by Crippen LogP contribution is 2.26. The van der Waals surface area contributed by atoms with Crippen LogP contribution < -0.4 is 5.32 Å². The van der Waals surface area contributed by atoms with E-state index < -0.39 is 5.97 Å². The highest BCUT2D eigenvalue weighted by atomic mass is 127. The minimum atomic E-state index is -0.894. The van der Waals surface area contributed by atoms with Crippen LogP contribution in [-0.4, -0.2) is 41.0 Å². The van der Waals surface area contributed by atoms with Crippen molar-refractivity contribution in [1.29, 1.82) is 0 Å². The number of hydrogen-bond acceptors (Lipinski definition) is 3. The predicted molar refractivity (Wildman–Crippen MR) is 80.0 cm³/mol. The van der Waals surface area contributed by atoms with Crippen LogP contribution in [0.3, 0.4) is 0 Å². The maximum Gasteiger partial charge on any atom is 0.317 e. The van der Waals surface area contributed by atoms with Crippen molar-refractivity contribution in [1.82, 2.24) is 4.90 Å².